The first-order valence-electron chi connectivity index (χ1n) is 15.9. The van der Waals surface area contributed by atoms with E-state index in [4.69, 9.17) is 4.74 Å². The van der Waals surface area contributed by atoms with Crippen LogP contribution < -0.4 is 0 Å². The van der Waals surface area contributed by atoms with E-state index in [-0.39, 0.29) is 40.5 Å². The average Bonchev–Trinajstić information content (AvgIpc) is 3.62. The lowest BCUT2D eigenvalue weighted by Crippen LogP contribution is -2.59. The molecule has 1 spiro atoms. The zero-order valence-corrected chi connectivity index (χ0v) is 27.4. The van der Waals surface area contributed by atoms with Crippen molar-refractivity contribution in [1.82, 2.24) is 9.80 Å². The number of aliphatic hydroxyl groups is 1. The molecule has 4 fully saturated rings. The van der Waals surface area contributed by atoms with Crippen molar-refractivity contribution in [2.24, 2.45) is 11.8 Å². The number of unbranched alkanes of at least 4 members (excludes halogenated alkanes) is 2. The molecule has 0 radical (unpaired) electrons. The number of hydrogen-bond acceptors (Lipinski definition) is 6. The van der Waals surface area contributed by atoms with E-state index in [1.54, 1.807) is 22.7 Å². The van der Waals surface area contributed by atoms with Gasteiger partial charge >= 0.3 is 5.97 Å². The Balaban J connectivity index is 1.51. The number of rotatable bonds is 14. The number of carbonyl (C=O) groups excluding carboxylic acids is 3. The van der Waals surface area contributed by atoms with Crippen molar-refractivity contribution >= 4 is 45.5 Å². The van der Waals surface area contributed by atoms with Crippen LogP contribution in [0.5, 0.6) is 0 Å². The molecule has 7 nitrogen and oxygen atoms in total. The maximum absolute atomic E-state index is 14.9. The van der Waals surface area contributed by atoms with Gasteiger partial charge in [0.15, 0.2) is 0 Å². The summed E-state index contributed by atoms with van der Waals surface area (Å²) in [5.74, 6) is -1.96. The van der Waals surface area contributed by atoms with E-state index >= 15 is 0 Å². The molecule has 5 rings (SSSR count). The van der Waals surface area contributed by atoms with E-state index in [9.17, 15) is 19.5 Å². The fourth-order valence-corrected chi connectivity index (χ4v) is 11.5. The molecule has 3 heterocycles. The Morgan fingerprint density at radius 3 is 2.58 bits per heavy atom. The molecule has 9 heteroatoms. The maximum atomic E-state index is 14.9. The largest absolute Gasteiger partial charge is 0.465 e. The number of halogens is 1. The molecular formula is C34H45BrN2O5S. The Morgan fingerprint density at radius 2 is 1.91 bits per heavy atom. The van der Waals surface area contributed by atoms with E-state index in [2.05, 4.69) is 29.1 Å². The lowest BCUT2D eigenvalue weighted by Gasteiger charge is -2.42. The third-order valence-corrected chi connectivity index (χ3v) is 13.0. The van der Waals surface area contributed by atoms with Crippen LogP contribution in [0.1, 0.15) is 63.4 Å². The number of thioether (sulfide) groups is 1. The number of amides is 2. The van der Waals surface area contributed by atoms with Gasteiger partial charge in [0.05, 0.1) is 35.8 Å². The molecule has 4 aliphatic rings. The van der Waals surface area contributed by atoms with E-state index in [0.717, 1.165) is 56.9 Å². The Bertz CT molecular complexity index is 1180. The van der Waals surface area contributed by atoms with Crippen LogP contribution in [0.3, 0.4) is 0 Å². The number of benzene rings is 1. The van der Waals surface area contributed by atoms with Crippen molar-refractivity contribution in [2.75, 3.05) is 19.8 Å². The van der Waals surface area contributed by atoms with Gasteiger partial charge in [0, 0.05) is 22.7 Å². The Morgan fingerprint density at radius 1 is 1.16 bits per heavy atom. The predicted octanol–water partition coefficient (Wildman–Crippen LogP) is 5.30. The van der Waals surface area contributed by atoms with E-state index < -0.39 is 28.7 Å². The summed E-state index contributed by atoms with van der Waals surface area (Å²) in [5.41, 5.74) is 0.983. The zero-order chi connectivity index (χ0) is 30.6. The second-order valence-corrected chi connectivity index (χ2v) is 15.2. The van der Waals surface area contributed by atoms with Crippen molar-refractivity contribution in [1.29, 1.82) is 0 Å². The summed E-state index contributed by atoms with van der Waals surface area (Å²) in [4.78, 5) is 46.8. The third kappa shape index (κ3) is 6.23. The van der Waals surface area contributed by atoms with E-state index in [1.807, 2.05) is 41.3 Å². The van der Waals surface area contributed by atoms with Crippen LogP contribution in [0.2, 0.25) is 0 Å². The van der Waals surface area contributed by atoms with Crippen molar-refractivity contribution in [2.45, 2.75) is 97.2 Å². The number of carbonyl (C=O) groups is 3. The third-order valence-electron chi connectivity index (χ3n) is 9.82. The Kier molecular flexibility index (Phi) is 10.8. The number of alkyl halides is 1. The highest BCUT2D eigenvalue weighted by Crippen LogP contribution is 2.68. The highest BCUT2D eigenvalue weighted by atomic mass is 79.9. The summed E-state index contributed by atoms with van der Waals surface area (Å²) in [7, 11) is 0. The van der Waals surface area contributed by atoms with Crippen LogP contribution in [-0.4, -0.2) is 85.4 Å². The first-order valence-corrected chi connectivity index (χ1v) is 17.6. The van der Waals surface area contributed by atoms with Gasteiger partial charge in [-0.3, -0.25) is 14.4 Å². The zero-order valence-electron chi connectivity index (χ0n) is 25.0. The van der Waals surface area contributed by atoms with Crippen molar-refractivity contribution in [3.63, 3.8) is 0 Å². The van der Waals surface area contributed by atoms with Crippen LogP contribution in [0.15, 0.2) is 55.6 Å². The van der Waals surface area contributed by atoms with Crippen LogP contribution in [0.25, 0.3) is 0 Å². The smallest absolute Gasteiger partial charge is 0.310 e. The molecule has 43 heavy (non-hydrogen) atoms. The summed E-state index contributed by atoms with van der Waals surface area (Å²) in [6, 6.07) is 8.48. The summed E-state index contributed by atoms with van der Waals surface area (Å²) in [5, 5.41) is 10.6. The van der Waals surface area contributed by atoms with Gasteiger partial charge in [0.1, 0.15) is 6.04 Å². The molecule has 234 valence electrons. The van der Waals surface area contributed by atoms with Gasteiger partial charge in [0.2, 0.25) is 11.8 Å². The van der Waals surface area contributed by atoms with Gasteiger partial charge in [-0.1, -0.05) is 77.7 Å². The molecule has 1 aliphatic carbocycles. The van der Waals surface area contributed by atoms with Crippen LogP contribution in [-0.2, 0) is 25.5 Å². The quantitative estimate of drug-likeness (QED) is 0.125. The molecular weight excluding hydrogens is 628 g/mol. The molecule has 3 aliphatic heterocycles. The Labute approximate surface area is 268 Å². The lowest BCUT2D eigenvalue weighted by molar-refractivity contribution is -0.154. The van der Waals surface area contributed by atoms with Crippen LogP contribution >= 0.6 is 27.7 Å². The number of nitrogens with zero attached hydrogens (tertiary/aromatic N) is 2. The normalized spacial score (nSPS) is 30.6. The minimum Gasteiger partial charge on any atom is -0.465 e. The topological polar surface area (TPSA) is 87.1 Å². The molecule has 1 saturated carbocycles. The summed E-state index contributed by atoms with van der Waals surface area (Å²) >= 11 is 5.47. The minimum absolute atomic E-state index is 0.0284. The number of ether oxygens (including phenoxy) is 1. The molecule has 0 aromatic heterocycles. The lowest BCUT2D eigenvalue weighted by atomic mass is 9.71. The van der Waals surface area contributed by atoms with Gasteiger partial charge in [0.25, 0.3) is 0 Å². The number of esters is 1. The maximum Gasteiger partial charge on any atom is 0.310 e. The van der Waals surface area contributed by atoms with E-state index in [1.165, 1.54) is 0 Å². The molecule has 7 atom stereocenters. The predicted molar refractivity (Wildman–Crippen MR) is 174 cm³/mol. The van der Waals surface area contributed by atoms with Gasteiger partial charge in [-0.25, -0.2) is 0 Å². The van der Waals surface area contributed by atoms with Gasteiger partial charge in [-0.2, -0.15) is 0 Å². The summed E-state index contributed by atoms with van der Waals surface area (Å²) in [6.07, 6.45) is 12.3. The fraction of sp³-hybridized carbons (Fsp3) is 0.618. The SMILES string of the molecule is C=CCCCCOC(=O)[C@H]1[C@H]2C(=O)N([C@@H](CO)Cc3ccccc3)C(C(=O)N(CC=C)C3CCCCC3)C23CC(Br)[C@@H]1S3. The van der Waals surface area contributed by atoms with Crippen molar-refractivity contribution in [3.8, 4) is 0 Å². The molecule has 1 N–H and O–H groups in total. The molecule has 2 bridgehead atoms. The van der Waals surface area contributed by atoms with Gasteiger partial charge < -0.3 is 19.6 Å². The fourth-order valence-electron chi connectivity index (χ4n) is 7.91. The molecule has 2 amide bonds. The highest BCUT2D eigenvalue weighted by Gasteiger charge is 2.76. The van der Waals surface area contributed by atoms with Crippen molar-refractivity contribution in [3.05, 3.63) is 61.2 Å². The van der Waals surface area contributed by atoms with Crippen LogP contribution in [0.4, 0.5) is 0 Å². The standard InChI is InChI=1S/C34H45BrN2O5S/c1-3-5-6-13-19-42-33(41)27-28-31(39)37(25(22-38)20-23-14-9-7-10-15-23)30(34(28)21-26(35)29(27)43-34)32(40)36(18-4-2)24-16-11-8-12-17-24/h3-4,7,9-10,14-15,24-30,38H,1-2,5-6,8,11-13,16-22H2/t25-,26?,27+,28+,29+,30?,34?/m1/s1. The number of hydrogen-bond donors (Lipinski definition) is 1. The van der Waals surface area contributed by atoms with Crippen LogP contribution in [0, 0.1) is 11.8 Å². The molecule has 3 unspecified atom stereocenters. The van der Waals surface area contributed by atoms with Gasteiger partial charge in [-0.05, 0) is 50.5 Å². The Hall–Kier alpha value is -2.10. The summed E-state index contributed by atoms with van der Waals surface area (Å²) < 4.78 is 5.01. The minimum atomic E-state index is -0.784. The number of allylic oxidation sites excluding steroid dienone is 1. The number of likely N-dealkylation sites (tertiary alicyclic amines) is 1. The first kappa shape index (κ1) is 32.3. The number of fused-ring (bicyclic) bond motifs is 1. The first-order chi connectivity index (χ1) is 20.9. The second kappa shape index (κ2) is 14.3. The number of aliphatic hydroxyl groups excluding tert-OH is 1. The van der Waals surface area contributed by atoms with E-state index in [0.29, 0.717) is 26.0 Å². The monoisotopic (exact) mass is 672 g/mol. The second-order valence-electron chi connectivity index (χ2n) is 12.5. The molecule has 3 saturated heterocycles. The van der Waals surface area contributed by atoms with Crippen molar-refractivity contribution < 1.29 is 24.2 Å². The molecule has 1 aromatic rings. The van der Waals surface area contributed by atoms with Gasteiger partial charge in [-0.15, -0.1) is 24.9 Å². The molecule has 1 aromatic carbocycles. The highest BCUT2D eigenvalue weighted by molar-refractivity contribution is 9.09. The summed E-state index contributed by atoms with van der Waals surface area (Å²) in [6.45, 7) is 8.15. The average molecular weight is 674 g/mol.